The maximum absolute atomic E-state index is 12.0. The molecule has 92 valence electrons. The highest BCUT2D eigenvalue weighted by Gasteiger charge is 2.52. The molecule has 1 saturated carbocycles. The van der Waals surface area contributed by atoms with Crippen molar-refractivity contribution in [2.24, 2.45) is 17.3 Å². The fraction of sp³-hybridized carbons (Fsp3) is 0.600. The topological polar surface area (TPSA) is 34.1 Å². The quantitative estimate of drug-likeness (QED) is 0.651. The molecule has 0 heterocycles. The Balaban J connectivity index is 2.50. The molecule has 0 bridgehead atoms. The molecule has 0 N–H and O–H groups in total. The van der Waals surface area contributed by atoms with Crippen molar-refractivity contribution in [1.82, 2.24) is 0 Å². The number of hydrogen-bond donors (Lipinski definition) is 0. The van der Waals surface area contributed by atoms with E-state index >= 15 is 0 Å². The summed E-state index contributed by atoms with van der Waals surface area (Å²) in [7, 11) is 0. The summed E-state index contributed by atoms with van der Waals surface area (Å²) < 4.78 is 0. The summed E-state index contributed by atoms with van der Waals surface area (Å²) >= 11 is 0. The average Bonchev–Trinajstić information content (AvgIpc) is 2.42. The van der Waals surface area contributed by atoms with Crippen molar-refractivity contribution in [2.75, 3.05) is 0 Å². The van der Waals surface area contributed by atoms with Gasteiger partial charge in [-0.05, 0) is 31.8 Å². The Hall–Kier alpha value is -1.18. The molecule has 0 radical (unpaired) electrons. The van der Waals surface area contributed by atoms with Gasteiger partial charge in [0.25, 0.3) is 0 Å². The molecule has 1 unspecified atom stereocenters. The van der Waals surface area contributed by atoms with Crippen LogP contribution in [0.3, 0.4) is 0 Å². The van der Waals surface area contributed by atoms with E-state index in [0.29, 0.717) is 12.8 Å². The molecule has 2 aliphatic rings. The molecule has 3 atom stereocenters. The van der Waals surface area contributed by atoms with Gasteiger partial charge in [0, 0.05) is 23.8 Å². The molecule has 2 heteroatoms. The molecule has 0 aromatic rings. The van der Waals surface area contributed by atoms with Crippen molar-refractivity contribution in [3.63, 3.8) is 0 Å². The summed E-state index contributed by atoms with van der Waals surface area (Å²) in [5.41, 5.74) is 1.88. The van der Waals surface area contributed by atoms with E-state index < -0.39 is 0 Å². The number of carbonyl (C=O) groups excluding carboxylic acids is 2. The van der Waals surface area contributed by atoms with Gasteiger partial charge in [0.1, 0.15) is 0 Å². The SMILES string of the molecule is CC(C)=CC1CC(=O)C2=CC(=O)C[C@@H](C)[C@@]21C. The standard InChI is InChI=1S/C15H20O2/c1-9(2)5-11-7-14(17)13-8-12(16)6-10(3)15(11,13)4/h5,8,10-11H,6-7H2,1-4H3/t10-,11?,15-/m1/s1. The molecule has 2 aliphatic carbocycles. The van der Waals surface area contributed by atoms with Gasteiger partial charge in [-0.25, -0.2) is 0 Å². The van der Waals surface area contributed by atoms with Gasteiger partial charge < -0.3 is 0 Å². The molecule has 2 rings (SSSR count). The summed E-state index contributed by atoms with van der Waals surface area (Å²) in [5, 5.41) is 0. The number of fused-ring (bicyclic) bond motifs is 1. The first kappa shape index (κ1) is 12.3. The first-order chi connectivity index (χ1) is 7.85. The zero-order valence-corrected chi connectivity index (χ0v) is 11.0. The van der Waals surface area contributed by atoms with Crippen molar-refractivity contribution < 1.29 is 9.59 Å². The van der Waals surface area contributed by atoms with Crippen molar-refractivity contribution in [3.05, 3.63) is 23.3 Å². The van der Waals surface area contributed by atoms with Gasteiger partial charge in [0.15, 0.2) is 11.6 Å². The smallest absolute Gasteiger partial charge is 0.160 e. The van der Waals surface area contributed by atoms with Gasteiger partial charge in [0.05, 0.1) is 0 Å². The van der Waals surface area contributed by atoms with Crippen LogP contribution in [-0.4, -0.2) is 11.6 Å². The summed E-state index contributed by atoms with van der Waals surface area (Å²) in [5.74, 6) is 0.780. The normalized spacial score (nSPS) is 36.6. The second-order valence-electron chi connectivity index (χ2n) is 5.89. The number of rotatable bonds is 1. The molecule has 17 heavy (non-hydrogen) atoms. The first-order valence-electron chi connectivity index (χ1n) is 6.29. The van der Waals surface area contributed by atoms with Gasteiger partial charge in [-0.2, -0.15) is 0 Å². The summed E-state index contributed by atoms with van der Waals surface area (Å²) in [6, 6.07) is 0. The van der Waals surface area contributed by atoms with E-state index in [4.69, 9.17) is 0 Å². The van der Waals surface area contributed by atoms with Crippen molar-refractivity contribution in [1.29, 1.82) is 0 Å². The third kappa shape index (κ3) is 1.80. The molecule has 2 nitrogen and oxygen atoms in total. The first-order valence-corrected chi connectivity index (χ1v) is 6.29. The van der Waals surface area contributed by atoms with Crippen LogP contribution in [0.5, 0.6) is 0 Å². The Morgan fingerprint density at radius 1 is 1.35 bits per heavy atom. The van der Waals surface area contributed by atoms with Gasteiger partial charge in [-0.15, -0.1) is 0 Å². The maximum Gasteiger partial charge on any atom is 0.160 e. The van der Waals surface area contributed by atoms with E-state index in [1.807, 2.05) is 0 Å². The Kier molecular flexibility index (Phi) is 2.84. The fourth-order valence-corrected chi connectivity index (χ4v) is 3.26. The third-order valence-corrected chi connectivity index (χ3v) is 4.43. The van der Waals surface area contributed by atoms with E-state index in [9.17, 15) is 9.59 Å². The molecule has 1 fully saturated rings. The number of ketones is 2. The van der Waals surface area contributed by atoms with Crippen LogP contribution < -0.4 is 0 Å². The van der Waals surface area contributed by atoms with Crippen molar-refractivity contribution in [2.45, 2.75) is 40.5 Å². The fourth-order valence-electron chi connectivity index (χ4n) is 3.26. The van der Waals surface area contributed by atoms with E-state index in [2.05, 4.69) is 33.8 Å². The predicted octanol–water partition coefficient (Wildman–Crippen LogP) is 3.08. The highest BCUT2D eigenvalue weighted by molar-refractivity contribution is 6.07. The minimum Gasteiger partial charge on any atom is -0.295 e. The van der Waals surface area contributed by atoms with Crippen molar-refractivity contribution >= 4 is 11.6 Å². The number of hydrogen-bond acceptors (Lipinski definition) is 2. The highest BCUT2D eigenvalue weighted by Crippen LogP contribution is 2.54. The highest BCUT2D eigenvalue weighted by atomic mass is 16.1. The lowest BCUT2D eigenvalue weighted by atomic mass is 9.63. The third-order valence-electron chi connectivity index (χ3n) is 4.43. The second kappa shape index (κ2) is 3.94. The number of allylic oxidation sites excluding steroid dienone is 4. The lowest BCUT2D eigenvalue weighted by Gasteiger charge is -2.39. The summed E-state index contributed by atoms with van der Waals surface area (Å²) in [6.45, 7) is 8.36. The Morgan fingerprint density at radius 3 is 2.59 bits per heavy atom. The van der Waals surface area contributed by atoms with Gasteiger partial charge in [-0.1, -0.05) is 25.5 Å². The molecule has 0 amide bonds. The minimum atomic E-state index is -0.137. The molecular formula is C15H20O2. The second-order valence-corrected chi connectivity index (χ2v) is 5.89. The van der Waals surface area contributed by atoms with Gasteiger partial charge in [0.2, 0.25) is 0 Å². The molecule has 0 saturated heterocycles. The molecule has 0 aromatic carbocycles. The van der Waals surface area contributed by atoms with E-state index in [-0.39, 0.29) is 28.8 Å². The van der Waals surface area contributed by atoms with E-state index in [0.717, 1.165) is 5.57 Å². The van der Waals surface area contributed by atoms with Crippen LogP contribution in [0.25, 0.3) is 0 Å². The molecule has 0 aromatic heterocycles. The number of Topliss-reactive ketones (excluding diaryl/α,β-unsaturated/α-hetero) is 1. The summed E-state index contributed by atoms with van der Waals surface area (Å²) in [4.78, 5) is 23.6. The van der Waals surface area contributed by atoms with Crippen LogP contribution in [0.2, 0.25) is 0 Å². The Labute approximate surface area is 103 Å². The van der Waals surface area contributed by atoms with Crippen LogP contribution in [-0.2, 0) is 9.59 Å². The van der Waals surface area contributed by atoms with Crippen LogP contribution in [0.1, 0.15) is 40.5 Å². The number of carbonyl (C=O) groups is 2. The van der Waals surface area contributed by atoms with Crippen LogP contribution in [0.15, 0.2) is 23.3 Å². The lowest BCUT2D eigenvalue weighted by Crippen LogP contribution is -2.35. The average molecular weight is 232 g/mol. The lowest BCUT2D eigenvalue weighted by molar-refractivity contribution is -0.119. The molecule has 0 spiro atoms. The maximum atomic E-state index is 12.0. The van der Waals surface area contributed by atoms with Crippen LogP contribution >= 0.6 is 0 Å². The summed E-state index contributed by atoms with van der Waals surface area (Å²) in [6.07, 6.45) is 4.93. The van der Waals surface area contributed by atoms with Gasteiger partial charge >= 0.3 is 0 Å². The van der Waals surface area contributed by atoms with Crippen LogP contribution in [0.4, 0.5) is 0 Å². The largest absolute Gasteiger partial charge is 0.295 e. The minimum absolute atomic E-state index is 0.108. The Morgan fingerprint density at radius 2 is 2.00 bits per heavy atom. The zero-order chi connectivity index (χ0) is 12.8. The van der Waals surface area contributed by atoms with Gasteiger partial charge in [-0.3, -0.25) is 9.59 Å². The van der Waals surface area contributed by atoms with Crippen LogP contribution in [0, 0.1) is 17.3 Å². The van der Waals surface area contributed by atoms with Crippen molar-refractivity contribution in [3.8, 4) is 0 Å². The predicted molar refractivity (Wildman–Crippen MR) is 67.5 cm³/mol. The van der Waals surface area contributed by atoms with E-state index in [1.54, 1.807) is 6.08 Å². The Bertz CT molecular complexity index is 438. The molecule has 0 aliphatic heterocycles. The van der Waals surface area contributed by atoms with E-state index in [1.165, 1.54) is 5.57 Å². The molecular weight excluding hydrogens is 212 g/mol. The monoisotopic (exact) mass is 232 g/mol. The zero-order valence-electron chi connectivity index (χ0n) is 11.0.